The van der Waals surface area contributed by atoms with E-state index >= 15 is 0 Å². The Kier molecular flexibility index (Phi) is 4.81. The highest BCUT2D eigenvalue weighted by Gasteiger charge is 2.45. The number of fused-ring (bicyclic) bond motifs is 2. The van der Waals surface area contributed by atoms with E-state index in [4.69, 9.17) is 23.2 Å². The van der Waals surface area contributed by atoms with Gasteiger partial charge in [0.1, 0.15) is 11.3 Å². The number of benzene rings is 2. The molecule has 5 rings (SSSR count). The average molecular weight is 448 g/mol. The molecule has 0 spiro atoms. The Balaban J connectivity index is 1.83. The Labute approximate surface area is 188 Å². The normalized spacial score (nSPS) is 15.1. The molecule has 0 saturated carbocycles. The number of hydrogen-bond acceptors (Lipinski definition) is 8. The highest BCUT2D eigenvalue weighted by molar-refractivity contribution is 6.10. The lowest BCUT2D eigenvalue weighted by Gasteiger charge is -2.24. The molecule has 0 bridgehead atoms. The molecule has 0 saturated heterocycles. The lowest BCUT2D eigenvalue weighted by atomic mass is 9.97. The zero-order valence-electron chi connectivity index (χ0n) is 18.4. The average Bonchev–Trinajstić information content (AvgIpc) is 3.39. The molecule has 9 heteroatoms. The number of carbonyl (C=O) groups is 1. The number of nitrogens with zero attached hydrogens (tertiary/aromatic N) is 2. The largest absolute Gasteiger partial charge is 0.493 e. The molecule has 4 aromatic rings. The number of methoxy groups -OCH3 is 3. The maximum absolute atomic E-state index is 13.6. The molecule has 0 fully saturated rings. The molecule has 168 valence electrons. The van der Waals surface area contributed by atoms with E-state index in [0.717, 1.165) is 0 Å². The van der Waals surface area contributed by atoms with Crippen molar-refractivity contribution in [2.24, 2.45) is 0 Å². The summed E-state index contributed by atoms with van der Waals surface area (Å²) >= 11 is 0. The standard InChI is InChI=1S/C24H20N2O7/c1-12-9-18(25-33-12)26-20(13-10-16(29-2)22(31-4)17(11-13)30-3)19-21(27)14-7-5-6-8-15(14)32-23(19)24(26)28/h5-11,20H,1-4H3/t20-/m1/s1. The Morgan fingerprint density at radius 1 is 0.970 bits per heavy atom. The molecule has 9 nitrogen and oxygen atoms in total. The van der Waals surface area contributed by atoms with Crippen LogP contribution < -0.4 is 24.5 Å². The van der Waals surface area contributed by atoms with Gasteiger partial charge in [0.05, 0.1) is 38.3 Å². The van der Waals surface area contributed by atoms with Crippen molar-refractivity contribution in [3.63, 3.8) is 0 Å². The third-order valence-corrected chi connectivity index (χ3v) is 5.64. The van der Waals surface area contributed by atoms with Crippen LogP contribution in [-0.2, 0) is 0 Å². The van der Waals surface area contributed by atoms with Gasteiger partial charge in [0.2, 0.25) is 11.5 Å². The van der Waals surface area contributed by atoms with Gasteiger partial charge in [-0.3, -0.25) is 14.5 Å². The van der Waals surface area contributed by atoms with Gasteiger partial charge < -0.3 is 23.2 Å². The van der Waals surface area contributed by atoms with Crippen LogP contribution in [0.3, 0.4) is 0 Å². The minimum absolute atomic E-state index is 0.0434. The Morgan fingerprint density at radius 2 is 1.67 bits per heavy atom. The minimum Gasteiger partial charge on any atom is -0.493 e. The number of amides is 1. The van der Waals surface area contributed by atoms with E-state index in [2.05, 4.69) is 5.16 Å². The zero-order chi connectivity index (χ0) is 23.3. The van der Waals surface area contributed by atoms with E-state index in [1.807, 2.05) is 0 Å². The summed E-state index contributed by atoms with van der Waals surface area (Å²) in [7, 11) is 4.49. The Morgan fingerprint density at radius 3 is 2.27 bits per heavy atom. The fourth-order valence-corrected chi connectivity index (χ4v) is 4.20. The molecule has 0 N–H and O–H groups in total. The first kappa shape index (κ1) is 20.6. The quantitative estimate of drug-likeness (QED) is 0.453. The van der Waals surface area contributed by atoms with Crippen LogP contribution in [-0.4, -0.2) is 32.4 Å². The van der Waals surface area contributed by atoms with Crippen LogP contribution in [0.4, 0.5) is 5.82 Å². The molecule has 0 unspecified atom stereocenters. The first-order valence-electron chi connectivity index (χ1n) is 10.1. The Hall–Kier alpha value is -4.27. The summed E-state index contributed by atoms with van der Waals surface area (Å²) in [6, 6.07) is 11.0. The van der Waals surface area contributed by atoms with Crippen molar-refractivity contribution in [2.75, 3.05) is 26.2 Å². The van der Waals surface area contributed by atoms with Crippen LogP contribution in [0.15, 0.2) is 56.2 Å². The van der Waals surface area contributed by atoms with Crippen LogP contribution in [0, 0.1) is 6.92 Å². The molecule has 2 aromatic carbocycles. The number of aromatic nitrogens is 1. The number of rotatable bonds is 5. The van der Waals surface area contributed by atoms with E-state index in [1.54, 1.807) is 49.4 Å². The molecule has 2 aromatic heterocycles. The van der Waals surface area contributed by atoms with Crippen LogP contribution >= 0.6 is 0 Å². The number of hydrogen-bond donors (Lipinski definition) is 0. The summed E-state index contributed by atoms with van der Waals surface area (Å²) in [5, 5.41) is 4.40. The summed E-state index contributed by atoms with van der Waals surface area (Å²) in [5.41, 5.74) is 0.784. The molecular formula is C24H20N2O7. The third-order valence-electron chi connectivity index (χ3n) is 5.64. The predicted octanol–water partition coefficient (Wildman–Crippen LogP) is 3.87. The molecule has 33 heavy (non-hydrogen) atoms. The van der Waals surface area contributed by atoms with Crippen molar-refractivity contribution >= 4 is 22.7 Å². The fraction of sp³-hybridized carbons (Fsp3) is 0.208. The number of anilines is 1. The lowest BCUT2D eigenvalue weighted by molar-refractivity contribution is 0.0969. The van der Waals surface area contributed by atoms with Gasteiger partial charge in [0.15, 0.2) is 22.7 Å². The predicted molar refractivity (Wildman–Crippen MR) is 118 cm³/mol. The zero-order valence-corrected chi connectivity index (χ0v) is 18.4. The first-order chi connectivity index (χ1) is 16.0. The smallest absolute Gasteiger partial charge is 0.296 e. The summed E-state index contributed by atoms with van der Waals surface area (Å²) in [5.74, 6) is 1.39. The Bertz CT molecular complexity index is 1430. The van der Waals surface area contributed by atoms with E-state index < -0.39 is 11.9 Å². The van der Waals surface area contributed by atoms with Gasteiger partial charge in [-0.1, -0.05) is 17.3 Å². The van der Waals surface area contributed by atoms with E-state index in [9.17, 15) is 9.59 Å². The highest BCUT2D eigenvalue weighted by atomic mass is 16.5. The minimum atomic E-state index is -0.855. The molecule has 0 radical (unpaired) electrons. The number of ether oxygens (including phenoxy) is 3. The third kappa shape index (κ3) is 3.04. The molecule has 1 amide bonds. The van der Waals surface area contributed by atoms with E-state index in [1.165, 1.54) is 26.2 Å². The SMILES string of the molecule is COc1cc([C@@H]2c3c(oc4ccccc4c3=O)C(=O)N2c2cc(C)on2)cc(OC)c1OC. The number of carbonyl (C=O) groups excluding carboxylic acids is 1. The van der Waals surface area contributed by atoms with Crippen LogP contribution in [0.5, 0.6) is 17.2 Å². The summed E-state index contributed by atoms with van der Waals surface area (Å²) in [6.45, 7) is 1.72. The monoisotopic (exact) mass is 448 g/mol. The highest BCUT2D eigenvalue weighted by Crippen LogP contribution is 2.46. The van der Waals surface area contributed by atoms with Gasteiger partial charge in [0, 0.05) is 6.07 Å². The topological polar surface area (TPSA) is 104 Å². The van der Waals surface area contributed by atoms with Crippen LogP contribution in [0.25, 0.3) is 11.0 Å². The number of para-hydroxylation sites is 1. The van der Waals surface area contributed by atoms with E-state index in [-0.39, 0.29) is 22.6 Å². The van der Waals surface area contributed by atoms with Crippen LogP contribution in [0.2, 0.25) is 0 Å². The summed E-state index contributed by atoms with van der Waals surface area (Å²) < 4.78 is 27.6. The van der Waals surface area contributed by atoms with Crippen molar-refractivity contribution < 1.29 is 27.9 Å². The van der Waals surface area contributed by atoms with Gasteiger partial charge >= 0.3 is 0 Å². The maximum Gasteiger partial charge on any atom is 0.296 e. The molecular weight excluding hydrogens is 428 g/mol. The van der Waals surface area contributed by atoms with Crippen LogP contribution in [0.1, 0.15) is 33.5 Å². The van der Waals surface area contributed by atoms with Crippen molar-refractivity contribution in [2.45, 2.75) is 13.0 Å². The van der Waals surface area contributed by atoms with E-state index in [0.29, 0.717) is 39.5 Å². The van der Waals surface area contributed by atoms with Crippen molar-refractivity contribution in [3.8, 4) is 17.2 Å². The summed E-state index contributed by atoms with van der Waals surface area (Å²) in [4.78, 5) is 28.5. The molecule has 0 aliphatic carbocycles. The van der Waals surface area contributed by atoms with Crippen molar-refractivity contribution in [3.05, 3.63) is 75.3 Å². The van der Waals surface area contributed by atoms with Crippen molar-refractivity contribution in [1.29, 1.82) is 0 Å². The number of aryl methyl sites for hydroxylation is 1. The lowest BCUT2D eigenvalue weighted by Crippen LogP contribution is -2.29. The van der Waals surface area contributed by atoms with Crippen molar-refractivity contribution in [1.82, 2.24) is 5.16 Å². The second-order valence-electron chi connectivity index (χ2n) is 7.50. The summed E-state index contributed by atoms with van der Waals surface area (Å²) in [6.07, 6.45) is 0. The fourth-order valence-electron chi connectivity index (χ4n) is 4.20. The molecule has 1 aliphatic rings. The van der Waals surface area contributed by atoms with Gasteiger partial charge in [0.25, 0.3) is 5.91 Å². The first-order valence-corrected chi connectivity index (χ1v) is 10.1. The second-order valence-corrected chi connectivity index (χ2v) is 7.50. The molecule has 1 aliphatic heterocycles. The molecule has 1 atom stereocenters. The van der Waals surface area contributed by atoms with Gasteiger partial charge in [-0.05, 0) is 36.8 Å². The maximum atomic E-state index is 13.6. The van der Waals surface area contributed by atoms with Gasteiger partial charge in [-0.15, -0.1) is 0 Å². The van der Waals surface area contributed by atoms with Gasteiger partial charge in [-0.25, -0.2) is 0 Å². The molecule has 3 heterocycles. The second kappa shape index (κ2) is 7.70. The van der Waals surface area contributed by atoms with Gasteiger partial charge in [-0.2, -0.15) is 0 Å².